The Bertz CT molecular complexity index is 1290. The quantitative estimate of drug-likeness (QED) is 0.132. The van der Waals surface area contributed by atoms with Gasteiger partial charge in [0, 0.05) is 12.1 Å². The fourth-order valence-electron chi connectivity index (χ4n) is 4.23. The molecule has 1 unspecified atom stereocenters. The third-order valence-corrected chi connectivity index (χ3v) is 6.73. The average molecular weight is 561 g/mol. The lowest BCUT2D eigenvalue weighted by molar-refractivity contribution is -0.118. The van der Waals surface area contributed by atoms with Gasteiger partial charge in [-0.05, 0) is 79.4 Å². The first kappa shape index (κ1) is 31.4. The molecule has 3 N–H and O–H groups in total. The first-order valence-electron chi connectivity index (χ1n) is 14.1. The van der Waals surface area contributed by atoms with Crippen LogP contribution in [-0.2, 0) is 17.8 Å². The zero-order chi connectivity index (χ0) is 29.6. The van der Waals surface area contributed by atoms with Crippen molar-refractivity contribution in [1.82, 2.24) is 5.32 Å². The minimum absolute atomic E-state index is 0.185. The van der Waals surface area contributed by atoms with Gasteiger partial charge in [-0.1, -0.05) is 50.8 Å². The summed E-state index contributed by atoms with van der Waals surface area (Å²) in [6, 6.07) is 18.1. The van der Waals surface area contributed by atoms with Crippen LogP contribution in [0, 0.1) is 0 Å². The predicted octanol–water partition coefficient (Wildman–Crippen LogP) is 5.65. The Morgan fingerprint density at radius 1 is 0.829 bits per heavy atom. The lowest BCUT2D eigenvalue weighted by Crippen LogP contribution is -2.41. The summed E-state index contributed by atoms with van der Waals surface area (Å²) in [5, 5.41) is 2.80. The summed E-state index contributed by atoms with van der Waals surface area (Å²) in [5.74, 6) is 0.224. The van der Waals surface area contributed by atoms with Gasteiger partial charge in [0.05, 0.1) is 25.3 Å². The highest BCUT2D eigenvalue weighted by Gasteiger charge is 2.20. The molecule has 1 amide bonds. The van der Waals surface area contributed by atoms with Gasteiger partial charge in [-0.3, -0.25) is 9.59 Å². The first-order valence-corrected chi connectivity index (χ1v) is 14.1. The number of benzene rings is 3. The fourth-order valence-corrected chi connectivity index (χ4v) is 4.23. The molecule has 0 radical (unpaired) electrons. The molecule has 0 bridgehead atoms. The maximum absolute atomic E-state index is 12.8. The first-order chi connectivity index (χ1) is 19.8. The molecule has 0 aliphatic carbocycles. The summed E-state index contributed by atoms with van der Waals surface area (Å²) >= 11 is 0. The van der Waals surface area contributed by atoms with Gasteiger partial charge in [0.25, 0.3) is 5.91 Å². The molecule has 0 saturated heterocycles. The summed E-state index contributed by atoms with van der Waals surface area (Å²) in [6.07, 6.45) is 6.06. The van der Waals surface area contributed by atoms with Gasteiger partial charge in [-0.15, -0.1) is 0 Å². The van der Waals surface area contributed by atoms with Crippen molar-refractivity contribution >= 4 is 17.7 Å². The van der Waals surface area contributed by atoms with Crippen LogP contribution in [0.4, 0.5) is 0 Å². The third kappa shape index (κ3) is 9.76. The monoisotopic (exact) mass is 560 g/mol. The van der Waals surface area contributed by atoms with Crippen LogP contribution in [0.15, 0.2) is 66.7 Å². The summed E-state index contributed by atoms with van der Waals surface area (Å²) in [6.45, 7) is 4.65. The molecule has 3 rings (SSSR count). The van der Waals surface area contributed by atoms with Crippen LogP contribution in [0.25, 0.3) is 0 Å². The van der Waals surface area contributed by atoms with Crippen LogP contribution < -0.4 is 25.3 Å². The van der Waals surface area contributed by atoms with Crippen molar-refractivity contribution in [3.8, 4) is 17.2 Å². The van der Waals surface area contributed by atoms with E-state index in [-0.39, 0.29) is 23.9 Å². The number of esters is 1. The minimum atomic E-state index is -0.744. The highest BCUT2D eigenvalue weighted by atomic mass is 16.6. The molecular weight excluding hydrogens is 520 g/mol. The van der Waals surface area contributed by atoms with E-state index in [0.717, 1.165) is 24.0 Å². The van der Waals surface area contributed by atoms with E-state index in [2.05, 4.69) is 12.2 Å². The summed E-state index contributed by atoms with van der Waals surface area (Å²) in [5.41, 5.74) is 8.08. The number of nitrogens with two attached hydrogens (primary N) is 1. The maximum Gasteiger partial charge on any atom is 0.343 e. The minimum Gasteiger partial charge on any atom is -0.494 e. The highest BCUT2D eigenvalue weighted by Crippen LogP contribution is 2.29. The van der Waals surface area contributed by atoms with E-state index in [9.17, 15) is 14.4 Å². The fraction of sp³-hybridized carbons (Fsp3) is 0.364. The van der Waals surface area contributed by atoms with Crippen LogP contribution in [0.2, 0.25) is 0 Å². The van der Waals surface area contributed by atoms with Crippen molar-refractivity contribution in [2.24, 2.45) is 5.73 Å². The average Bonchev–Trinajstić information content (AvgIpc) is 2.99. The molecular formula is C33H40N2O6. The number of methoxy groups -OCH3 is 1. The standard InChI is InChI=1S/C33H40N2O6/c1-4-5-6-7-8-19-40-28-16-14-27(15-17-28)33(38)41-30-18-11-25(21-31(30)39-3)20-29(23(2)36)35-32(37)26-12-9-24(22-34)10-13-26/h9-18,21,29H,4-8,19-20,22,34H2,1-3H3,(H,35,37). The lowest BCUT2D eigenvalue weighted by atomic mass is 10.0. The molecule has 8 heteroatoms. The van der Waals surface area contributed by atoms with Gasteiger partial charge in [0.1, 0.15) is 5.75 Å². The Morgan fingerprint density at radius 3 is 2.12 bits per heavy atom. The molecule has 3 aromatic carbocycles. The molecule has 1 atom stereocenters. The van der Waals surface area contributed by atoms with Gasteiger partial charge in [0.15, 0.2) is 17.3 Å². The molecule has 0 fully saturated rings. The van der Waals surface area contributed by atoms with Crippen molar-refractivity contribution in [2.75, 3.05) is 13.7 Å². The number of rotatable bonds is 16. The summed E-state index contributed by atoms with van der Waals surface area (Å²) in [7, 11) is 1.47. The van der Waals surface area contributed by atoms with E-state index in [4.69, 9.17) is 19.9 Å². The Morgan fingerprint density at radius 2 is 1.49 bits per heavy atom. The predicted molar refractivity (Wildman–Crippen MR) is 159 cm³/mol. The topological polar surface area (TPSA) is 117 Å². The normalized spacial score (nSPS) is 11.4. The van der Waals surface area contributed by atoms with Crippen molar-refractivity contribution in [3.05, 3.63) is 89.0 Å². The van der Waals surface area contributed by atoms with Crippen molar-refractivity contribution in [1.29, 1.82) is 0 Å². The molecule has 0 spiro atoms. The van der Waals surface area contributed by atoms with Crippen molar-refractivity contribution in [2.45, 2.75) is 65.0 Å². The third-order valence-electron chi connectivity index (χ3n) is 6.73. The number of amides is 1. The van der Waals surface area contributed by atoms with Crippen molar-refractivity contribution in [3.63, 3.8) is 0 Å². The number of ether oxygens (including phenoxy) is 3. The molecule has 3 aromatic rings. The number of Topliss-reactive ketones (excluding diaryl/α,β-unsaturated/α-hetero) is 1. The van der Waals surface area contributed by atoms with E-state index < -0.39 is 12.0 Å². The molecule has 0 aromatic heterocycles. The Kier molecular flexibility index (Phi) is 12.4. The van der Waals surface area contributed by atoms with Crippen LogP contribution in [0.3, 0.4) is 0 Å². The molecule has 0 saturated carbocycles. The molecule has 41 heavy (non-hydrogen) atoms. The largest absolute Gasteiger partial charge is 0.494 e. The maximum atomic E-state index is 12.8. The number of hydrogen-bond acceptors (Lipinski definition) is 7. The number of nitrogens with one attached hydrogen (secondary N) is 1. The Labute approximate surface area is 242 Å². The highest BCUT2D eigenvalue weighted by molar-refractivity contribution is 5.97. The van der Waals surface area contributed by atoms with E-state index in [1.54, 1.807) is 66.7 Å². The van der Waals surface area contributed by atoms with E-state index in [1.807, 2.05) is 0 Å². The van der Waals surface area contributed by atoms with E-state index >= 15 is 0 Å². The zero-order valence-electron chi connectivity index (χ0n) is 24.1. The van der Waals surface area contributed by atoms with Crippen LogP contribution in [0.1, 0.15) is 77.8 Å². The Hall–Kier alpha value is -4.17. The number of carbonyl (C=O) groups excluding carboxylic acids is 3. The number of ketones is 1. The van der Waals surface area contributed by atoms with Crippen LogP contribution in [0.5, 0.6) is 17.2 Å². The second-order valence-electron chi connectivity index (χ2n) is 9.90. The van der Waals surface area contributed by atoms with E-state index in [1.165, 1.54) is 33.3 Å². The van der Waals surface area contributed by atoms with Crippen LogP contribution >= 0.6 is 0 Å². The van der Waals surface area contributed by atoms with E-state index in [0.29, 0.717) is 35.8 Å². The number of carbonyl (C=O) groups is 3. The molecule has 218 valence electrons. The van der Waals surface area contributed by atoms with Gasteiger partial charge >= 0.3 is 5.97 Å². The van der Waals surface area contributed by atoms with Gasteiger partial charge in [-0.2, -0.15) is 0 Å². The lowest BCUT2D eigenvalue weighted by Gasteiger charge is -2.17. The molecule has 0 aliphatic rings. The van der Waals surface area contributed by atoms with Crippen LogP contribution in [-0.4, -0.2) is 37.4 Å². The smallest absolute Gasteiger partial charge is 0.343 e. The Balaban J connectivity index is 1.59. The SMILES string of the molecule is CCCCCCCOc1ccc(C(=O)Oc2ccc(CC(NC(=O)c3ccc(CN)cc3)C(C)=O)cc2OC)cc1. The zero-order valence-corrected chi connectivity index (χ0v) is 24.1. The molecule has 0 heterocycles. The van der Waals surface area contributed by atoms with Gasteiger partial charge in [0.2, 0.25) is 0 Å². The summed E-state index contributed by atoms with van der Waals surface area (Å²) in [4.78, 5) is 37.8. The molecule has 0 aliphatic heterocycles. The number of unbranched alkanes of at least 4 members (excludes halogenated alkanes) is 4. The van der Waals surface area contributed by atoms with Crippen molar-refractivity contribution < 1.29 is 28.6 Å². The van der Waals surface area contributed by atoms with Gasteiger partial charge < -0.3 is 25.3 Å². The number of hydrogen-bond donors (Lipinski definition) is 2. The summed E-state index contributed by atoms with van der Waals surface area (Å²) < 4.78 is 16.8. The molecule has 8 nitrogen and oxygen atoms in total. The second kappa shape index (κ2) is 16.2. The second-order valence-corrected chi connectivity index (χ2v) is 9.90. The van der Waals surface area contributed by atoms with Gasteiger partial charge in [-0.25, -0.2) is 4.79 Å².